The van der Waals surface area contributed by atoms with Gasteiger partial charge in [0.25, 0.3) is 0 Å². The van der Waals surface area contributed by atoms with Crippen molar-refractivity contribution in [1.82, 2.24) is 0 Å². The number of rotatable bonds is 6. The van der Waals surface area contributed by atoms with E-state index in [-0.39, 0.29) is 17.9 Å². The SMILES string of the molecule is COC1(CC(=O)Nc2ccc(CC(=O)O)cc2)CCC1. The topological polar surface area (TPSA) is 75.6 Å². The molecule has 0 spiro atoms. The van der Waals surface area contributed by atoms with Crippen molar-refractivity contribution in [3.63, 3.8) is 0 Å². The molecule has 1 amide bonds. The molecule has 20 heavy (non-hydrogen) atoms. The Labute approximate surface area is 117 Å². The third kappa shape index (κ3) is 3.57. The molecule has 1 aliphatic rings. The van der Waals surface area contributed by atoms with E-state index < -0.39 is 5.97 Å². The smallest absolute Gasteiger partial charge is 0.307 e. The monoisotopic (exact) mass is 277 g/mol. The van der Waals surface area contributed by atoms with Crippen molar-refractivity contribution in [1.29, 1.82) is 0 Å². The van der Waals surface area contributed by atoms with Crippen LogP contribution in [0.25, 0.3) is 0 Å². The Bertz CT molecular complexity index is 486. The van der Waals surface area contributed by atoms with E-state index >= 15 is 0 Å². The number of ether oxygens (including phenoxy) is 1. The molecule has 2 rings (SSSR count). The molecule has 108 valence electrons. The predicted molar refractivity (Wildman–Crippen MR) is 74.6 cm³/mol. The Morgan fingerprint density at radius 2 is 1.95 bits per heavy atom. The number of carboxylic acids is 1. The van der Waals surface area contributed by atoms with Crippen molar-refractivity contribution < 1.29 is 19.4 Å². The highest BCUT2D eigenvalue weighted by Crippen LogP contribution is 2.38. The Hall–Kier alpha value is -1.88. The van der Waals surface area contributed by atoms with Gasteiger partial charge in [0.15, 0.2) is 0 Å². The zero-order valence-electron chi connectivity index (χ0n) is 11.5. The molecule has 0 atom stereocenters. The van der Waals surface area contributed by atoms with Crippen LogP contribution in [0.5, 0.6) is 0 Å². The van der Waals surface area contributed by atoms with Gasteiger partial charge < -0.3 is 15.2 Å². The van der Waals surface area contributed by atoms with Crippen LogP contribution >= 0.6 is 0 Å². The molecule has 1 saturated carbocycles. The quantitative estimate of drug-likeness (QED) is 0.836. The van der Waals surface area contributed by atoms with E-state index in [0.717, 1.165) is 19.3 Å². The highest BCUT2D eigenvalue weighted by molar-refractivity contribution is 5.91. The zero-order valence-corrected chi connectivity index (χ0v) is 11.5. The fourth-order valence-corrected chi connectivity index (χ4v) is 2.40. The predicted octanol–water partition coefficient (Wildman–Crippen LogP) is 2.21. The Balaban J connectivity index is 1.89. The summed E-state index contributed by atoms with van der Waals surface area (Å²) in [6.45, 7) is 0. The molecule has 0 aliphatic heterocycles. The summed E-state index contributed by atoms with van der Waals surface area (Å²) < 4.78 is 5.42. The standard InChI is InChI=1S/C15H19NO4/c1-20-15(7-2-8-15)10-13(17)16-12-5-3-11(4-6-12)9-14(18)19/h3-6H,2,7-10H2,1H3,(H,16,17)(H,18,19). The molecule has 0 heterocycles. The van der Waals surface area contributed by atoms with Crippen molar-refractivity contribution in [2.75, 3.05) is 12.4 Å². The van der Waals surface area contributed by atoms with Crippen LogP contribution in [-0.4, -0.2) is 29.7 Å². The lowest BCUT2D eigenvalue weighted by Crippen LogP contribution is -2.42. The fourth-order valence-electron chi connectivity index (χ4n) is 2.40. The molecule has 1 aromatic rings. The lowest BCUT2D eigenvalue weighted by molar-refractivity contribution is -0.136. The maximum absolute atomic E-state index is 12.0. The van der Waals surface area contributed by atoms with Gasteiger partial charge >= 0.3 is 5.97 Å². The van der Waals surface area contributed by atoms with Crippen LogP contribution in [0.15, 0.2) is 24.3 Å². The second kappa shape index (κ2) is 6.05. The first-order valence-electron chi connectivity index (χ1n) is 6.69. The number of amides is 1. The summed E-state index contributed by atoms with van der Waals surface area (Å²) in [6, 6.07) is 6.85. The molecule has 0 aromatic heterocycles. The highest BCUT2D eigenvalue weighted by Gasteiger charge is 2.38. The van der Waals surface area contributed by atoms with Crippen molar-refractivity contribution in [3.8, 4) is 0 Å². The summed E-state index contributed by atoms with van der Waals surface area (Å²) in [5.41, 5.74) is 1.10. The van der Waals surface area contributed by atoms with Gasteiger partial charge in [-0.15, -0.1) is 0 Å². The van der Waals surface area contributed by atoms with Crippen molar-refractivity contribution in [2.45, 2.75) is 37.7 Å². The molecule has 0 bridgehead atoms. The van der Waals surface area contributed by atoms with Gasteiger partial charge in [-0.2, -0.15) is 0 Å². The van der Waals surface area contributed by atoms with Gasteiger partial charge in [0.05, 0.1) is 18.4 Å². The summed E-state index contributed by atoms with van der Waals surface area (Å²) in [4.78, 5) is 22.5. The Morgan fingerprint density at radius 3 is 2.40 bits per heavy atom. The number of hydrogen-bond acceptors (Lipinski definition) is 3. The van der Waals surface area contributed by atoms with Crippen molar-refractivity contribution >= 4 is 17.6 Å². The van der Waals surface area contributed by atoms with Gasteiger partial charge in [0.2, 0.25) is 5.91 Å². The van der Waals surface area contributed by atoms with Crippen LogP contribution in [0.1, 0.15) is 31.2 Å². The highest BCUT2D eigenvalue weighted by atomic mass is 16.5. The van der Waals surface area contributed by atoms with Crippen molar-refractivity contribution in [2.24, 2.45) is 0 Å². The van der Waals surface area contributed by atoms with E-state index in [0.29, 0.717) is 17.7 Å². The first kappa shape index (κ1) is 14.5. The van der Waals surface area contributed by atoms with Crippen LogP contribution < -0.4 is 5.32 Å². The molecular formula is C15H19NO4. The lowest BCUT2D eigenvalue weighted by atomic mass is 9.77. The molecule has 1 fully saturated rings. The summed E-state index contributed by atoms with van der Waals surface area (Å²) in [5, 5.41) is 11.5. The zero-order chi connectivity index (χ0) is 14.6. The molecule has 0 saturated heterocycles. The molecule has 5 nitrogen and oxygen atoms in total. The first-order valence-corrected chi connectivity index (χ1v) is 6.69. The minimum absolute atomic E-state index is 0.0129. The van der Waals surface area contributed by atoms with Crippen LogP contribution in [0.3, 0.4) is 0 Å². The first-order chi connectivity index (χ1) is 9.53. The minimum atomic E-state index is -0.867. The van der Waals surface area contributed by atoms with E-state index in [1.54, 1.807) is 31.4 Å². The molecule has 1 aromatic carbocycles. The summed E-state index contributed by atoms with van der Waals surface area (Å²) in [6.07, 6.45) is 3.30. The van der Waals surface area contributed by atoms with Gasteiger partial charge in [-0.3, -0.25) is 9.59 Å². The molecule has 1 aliphatic carbocycles. The number of methoxy groups -OCH3 is 1. The van der Waals surface area contributed by atoms with Gasteiger partial charge in [-0.05, 0) is 37.0 Å². The number of carbonyl (C=O) groups is 2. The lowest BCUT2D eigenvalue weighted by Gasteiger charge is -2.39. The molecule has 2 N–H and O–H groups in total. The van der Waals surface area contributed by atoms with Crippen LogP contribution in [-0.2, 0) is 20.7 Å². The number of nitrogens with one attached hydrogen (secondary N) is 1. The summed E-state index contributed by atoms with van der Waals surface area (Å²) in [5.74, 6) is -0.939. The van der Waals surface area contributed by atoms with Crippen molar-refractivity contribution in [3.05, 3.63) is 29.8 Å². The van der Waals surface area contributed by atoms with E-state index in [2.05, 4.69) is 5.32 Å². The molecular weight excluding hydrogens is 258 g/mol. The number of carboxylic acid groups (broad SMARTS) is 1. The van der Waals surface area contributed by atoms with Crippen LogP contribution in [0.2, 0.25) is 0 Å². The van der Waals surface area contributed by atoms with E-state index in [9.17, 15) is 9.59 Å². The second-order valence-corrected chi connectivity index (χ2v) is 5.23. The summed E-state index contributed by atoms with van der Waals surface area (Å²) >= 11 is 0. The second-order valence-electron chi connectivity index (χ2n) is 5.23. The largest absolute Gasteiger partial charge is 0.481 e. The van der Waals surface area contributed by atoms with Gasteiger partial charge in [0.1, 0.15) is 0 Å². The summed E-state index contributed by atoms with van der Waals surface area (Å²) in [7, 11) is 1.65. The number of hydrogen-bond donors (Lipinski definition) is 2. The fraction of sp³-hybridized carbons (Fsp3) is 0.467. The minimum Gasteiger partial charge on any atom is -0.481 e. The Morgan fingerprint density at radius 1 is 1.30 bits per heavy atom. The van der Waals surface area contributed by atoms with Crippen LogP contribution in [0.4, 0.5) is 5.69 Å². The third-order valence-electron chi connectivity index (χ3n) is 3.77. The number of carbonyl (C=O) groups excluding carboxylic acids is 1. The van der Waals surface area contributed by atoms with E-state index in [4.69, 9.17) is 9.84 Å². The number of benzene rings is 1. The molecule has 5 heteroatoms. The maximum Gasteiger partial charge on any atom is 0.307 e. The average Bonchev–Trinajstić information content (AvgIpc) is 2.36. The van der Waals surface area contributed by atoms with Crippen LogP contribution in [0, 0.1) is 0 Å². The number of anilines is 1. The molecule has 0 radical (unpaired) electrons. The number of aliphatic carboxylic acids is 1. The Kier molecular flexibility index (Phi) is 4.39. The average molecular weight is 277 g/mol. The third-order valence-corrected chi connectivity index (χ3v) is 3.77. The maximum atomic E-state index is 12.0. The van der Waals surface area contributed by atoms with Gasteiger partial charge in [-0.1, -0.05) is 12.1 Å². The van der Waals surface area contributed by atoms with Gasteiger partial charge in [0, 0.05) is 12.8 Å². The van der Waals surface area contributed by atoms with Gasteiger partial charge in [-0.25, -0.2) is 0 Å². The molecule has 0 unspecified atom stereocenters. The van der Waals surface area contributed by atoms with E-state index in [1.807, 2.05) is 0 Å². The van der Waals surface area contributed by atoms with E-state index in [1.165, 1.54) is 0 Å². The normalized spacial score (nSPS) is 16.2.